The summed E-state index contributed by atoms with van der Waals surface area (Å²) in [5.74, 6) is 0. The number of benzene rings is 4. The van der Waals surface area contributed by atoms with E-state index < -0.39 is 0 Å². The quantitative estimate of drug-likeness (QED) is 0.213. The average molecular weight is 342 g/mol. The summed E-state index contributed by atoms with van der Waals surface area (Å²) in [7, 11) is 0. The first-order valence-electron chi connectivity index (χ1n) is 10.5. The molecule has 4 rings (SSSR count). The second-order valence-electron chi connectivity index (χ2n) is 7.71. The zero-order valence-corrected chi connectivity index (χ0v) is 16.0. The maximum absolute atomic E-state index is 3.59. The van der Waals surface area contributed by atoms with Crippen molar-refractivity contribution in [2.45, 2.75) is 64.7 Å². The van der Waals surface area contributed by atoms with Gasteiger partial charge in [0.15, 0.2) is 0 Å². The molecule has 133 valence electrons. The standard InChI is InChI=1S/C26H29/c1-2-3-4-5-6-7-8-9-11-20-14-15-23-17-16-21-12-10-13-22-18-19-24(20)26(23)25(21)22/h10,12-13,15-19H,2-9,11H2,1H3. The molecular weight excluding hydrogens is 312 g/mol. The molecule has 4 aromatic carbocycles. The Morgan fingerprint density at radius 3 is 2.08 bits per heavy atom. The Morgan fingerprint density at radius 2 is 1.31 bits per heavy atom. The summed E-state index contributed by atoms with van der Waals surface area (Å²) in [6.45, 7) is 2.28. The van der Waals surface area contributed by atoms with Crippen LogP contribution in [0.15, 0.2) is 48.5 Å². The Labute approximate surface area is 157 Å². The molecule has 0 unspecified atom stereocenters. The van der Waals surface area contributed by atoms with Crippen LogP contribution in [0.2, 0.25) is 0 Å². The van der Waals surface area contributed by atoms with E-state index in [0.717, 1.165) is 6.42 Å². The molecule has 0 amide bonds. The third-order valence-electron chi connectivity index (χ3n) is 5.82. The summed E-state index contributed by atoms with van der Waals surface area (Å²) in [5, 5.41) is 8.30. The summed E-state index contributed by atoms with van der Waals surface area (Å²) >= 11 is 0. The fourth-order valence-corrected chi connectivity index (χ4v) is 4.37. The Kier molecular flexibility index (Phi) is 5.39. The van der Waals surface area contributed by atoms with Gasteiger partial charge in [-0.2, -0.15) is 0 Å². The number of hydrogen-bond acceptors (Lipinski definition) is 0. The van der Waals surface area contributed by atoms with E-state index in [1.165, 1.54) is 89.2 Å². The molecule has 0 heteroatoms. The van der Waals surface area contributed by atoms with Crippen molar-refractivity contribution < 1.29 is 0 Å². The van der Waals surface area contributed by atoms with Gasteiger partial charge in [0, 0.05) is 0 Å². The third-order valence-corrected chi connectivity index (χ3v) is 5.82. The Morgan fingerprint density at radius 1 is 0.654 bits per heavy atom. The Balaban J connectivity index is 1.49. The highest BCUT2D eigenvalue weighted by atomic mass is 14.1. The minimum Gasteiger partial charge on any atom is -0.0654 e. The van der Waals surface area contributed by atoms with Gasteiger partial charge in [0.25, 0.3) is 0 Å². The zero-order chi connectivity index (χ0) is 17.8. The van der Waals surface area contributed by atoms with Crippen LogP contribution >= 0.6 is 0 Å². The van der Waals surface area contributed by atoms with Crippen molar-refractivity contribution in [3.63, 3.8) is 0 Å². The van der Waals surface area contributed by atoms with Crippen molar-refractivity contribution in [1.29, 1.82) is 0 Å². The Bertz CT molecular complexity index is 963. The van der Waals surface area contributed by atoms with Crippen LogP contribution in [-0.2, 0) is 6.42 Å². The number of rotatable bonds is 9. The van der Waals surface area contributed by atoms with Gasteiger partial charge in [-0.1, -0.05) is 94.3 Å². The van der Waals surface area contributed by atoms with E-state index in [1.807, 2.05) is 0 Å². The highest BCUT2D eigenvalue weighted by Crippen LogP contribution is 2.36. The first-order valence-corrected chi connectivity index (χ1v) is 10.5. The van der Waals surface area contributed by atoms with Gasteiger partial charge in [-0.15, -0.1) is 0 Å². The number of unbranched alkanes of at least 4 members (excludes halogenated alkanes) is 7. The van der Waals surface area contributed by atoms with Gasteiger partial charge in [-0.3, -0.25) is 0 Å². The van der Waals surface area contributed by atoms with Gasteiger partial charge in [-0.05, 0) is 62.9 Å². The molecule has 4 aromatic rings. The topological polar surface area (TPSA) is 0 Å². The number of aryl methyl sites for hydroxylation is 1. The van der Waals surface area contributed by atoms with Crippen LogP contribution in [0.1, 0.15) is 63.9 Å². The summed E-state index contributed by atoms with van der Waals surface area (Å²) < 4.78 is 0. The van der Waals surface area contributed by atoms with Gasteiger partial charge in [0.1, 0.15) is 0 Å². The maximum Gasteiger partial charge on any atom is -0.00236 e. The first kappa shape index (κ1) is 17.3. The largest absolute Gasteiger partial charge is 0.0654 e. The van der Waals surface area contributed by atoms with Gasteiger partial charge in [0.2, 0.25) is 0 Å². The molecule has 0 bridgehead atoms. The fourth-order valence-electron chi connectivity index (χ4n) is 4.37. The average Bonchev–Trinajstić information content (AvgIpc) is 2.69. The molecule has 0 aliphatic rings. The highest BCUT2D eigenvalue weighted by molar-refractivity contribution is 6.23. The molecule has 0 spiro atoms. The van der Waals surface area contributed by atoms with Crippen LogP contribution in [0.25, 0.3) is 32.3 Å². The highest BCUT2D eigenvalue weighted by Gasteiger charge is 2.10. The molecule has 0 heterocycles. The van der Waals surface area contributed by atoms with E-state index in [-0.39, 0.29) is 0 Å². The van der Waals surface area contributed by atoms with E-state index in [4.69, 9.17) is 0 Å². The van der Waals surface area contributed by atoms with Crippen LogP contribution in [0.4, 0.5) is 0 Å². The maximum atomic E-state index is 3.59. The lowest BCUT2D eigenvalue weighted by molar-refractivity contribution is 0.576. The van der Waals surface area contributed by atoms with Crippen LogP contribution in [0, 0.1) is 6.07 Å². The third kappa shape index (κ3) is 3.43. The van der Waals surface area contributed by atoms with E-state index >= 15 is 0 Å². The first-order chi connectivity index (χ1) is 12.9. The minimum absolute atomic E-state index is 1.16. The van der Waals surface area contributed by atoms with Crippen molar-refractivity contribution in [2.75, 3.05) is 0 Å². The molecule has 0 atom stereocenters. The molecule has 0 saturated carbocycles. The van der Waals surface area contributed by atoms with Gasteiger partial charge >= 0.3 is 0 Å². The molecule has 26 heavy (non-hydrogen) atoms. The predicted octanol–water partition coefficient (Wildman–Crippen LogP) is 8.07. The fraction of sp³-hybridized carbons (Fsp3) is 0.385. The molecule has 0 saturated heterocycles. The lowest BCUT2D eigenvalue weighted by atomic mass is 9.90. The molecule has 1 radical (unpaired) electrons. The minimum atomic E-state index is 1.16. The van der Waals surface area contributed by atoms with Gasteiger partial charge < -0.3 is 0 Å². The Hall–Kier alpha value is -2.08. The molecule has 0 aliphatic carbocycles. The van der Waals surface area contributed by atoms with Crippen molar-refractivity contribution in [1.82, 2.24) is 0 Å². The molecule has 0 fully saturated rings. The van der Waals surface area contributed by atoms with Crippen molar-refractivity contribution in [2.24, 2.45) is 0 Å². The summed E-state index contributed by atoms with van der Waals surface area (Å²) in [4.78, 5) is 0. The second-order valence-corrected chi connectivity index (χ2v) is 7.71. The monoisotopic (exact) mass is 341 g/mol. The van der Waals surface area contributed by atoms with Gasteiger partial charge in [0.05, 0.1) is 0 Å². The zero-order valence-electron chi connectivity index (χ0n) is 16.0. The van der Waals surface area contributed by atoms with Crippen LogP contribution in [0.3, 0.4) is 0 Å². The summed E-state index contributed by atoms with van der Waals surface area (Å²) in [5.41, 5.74) is 1.40. The van der Waals surface area contributed by atoms with E-state index in [9.17, 15) is 0 Å². The van der Waals surface area contributed by atoms with E-state index in [2.05, 4.69) is 61.5 Å². The molecule has 0 N–H and O–H groups in total. The van der Waals surface area contributed by atoms with Gasteiger partial charge in [-0.25, -0.2) is 0 Å². The van der Waals surface area contributed by atoms with Crippen LogP contribution < -0.4 is 0 Å². The van der Waals surface area contributed by atoms with Crippen molar-refractivity contribution >= 4 is 32.3 Å². The van der Waals surface area contributed by atoms with Crippen LogP contribution in [0.5, 0.6) is 0 Å². The van der Waals surface area contributed by atoms with E-state index in [0.29, 0.717) is 0 Å². The number of hydrogen-bond donors (Lipinski definition) is 0. The smallest absolute Gasteiger partial charge is 0.00236 e. The molecule has 0 aliphatic heterocycles. The summed E-state index contributed by atoms with van der Waals surface area (Å²) in [6, 6.07) is 21.5. The van der Waals surface area contributed by atoms with Crippen molar-refractivity contribution in [3.05, 3.63) is 60.2 Å². The lowest BCUT2D eigenvalue weighted by Crippen LogP contribution is -1.91. The molecular formula is C26H29. The second kappa shape index (κ2) is 8.08. The van der Waals surface area contributed by atoms with Crippen molar-refractivity contribution in [3.8, 4) is 0 Å². The van der Waals surface area contributed by atoms with Crippen LogP contribution in [-0.4, -0.2) is 0 Å². The predicted molar refractivity (Wildman–Crippen MR) is 115 cm³/mol. The van der Waals surface area contributed by atoms with E-state index in [1.54, 1.807) is 0 Å². The molecule has 0 nitrogen and oxygen atoms in total. The SMILES string of the molecule is CCCCCCCCCCc1[c]cc2ccc3cccc4ccc1c2c34. The lowest BCUT2D eigenvalue weighted by Gasteiger charge is -2.13. The normalized spacial score (nSPS) is 11.9. The summed E-state index contributed by atoms with van der Waals surface area (Å²) in [6.07, 6.45) is 12.2. The molecule has 0 aromatic heterocycles.